The van der Waals surface area contributed by atoms with E-state index in [2.05, 4.69) is 11.9 Å². The molecule has 1 aromatic carbocycles. The molecule has 0 aliphatic carbocycles. The maximum atomic E-state index is 14.1. The molecule has 2 N–H and O–H groups in total. The van der Waals surface area contributed by atoms with Gasteiger partial charge in [0.2, 0.25) is 0 Å². The van der Waals surface area contributed by atoms with E-state index in [0.717, 1.165) is 12.5 Å². The lowest BCUT2D eigenvalue weighted by Gasteiger charge is -2.36. The van der Waals surface area contributed by atoms with Crippen LogP contribution in [0.15, 0.2) is 58.4 Å². The van der Waals surface area contributed by atoms with E-state index >= 15 is 0 Å². The highest BCUT2D eigenvalue weighted by Gasteiger charge is 2.41. The van der Waals surface area contributed by atoms with Gasteiger partial charge in [0.15, 0.2) is 16.5 Å². The van der Waals surface area contributed by atoms with Gasteiger partial charge >= 0.3 is 0 Å². The van der Waals surface area contributed by atoms with Crippen molar-refractivity contribution in [1.82, 2.24) is 14.7 Å². The Bertz CT molecular complexity index is 1500. The van der Waals surface area contributed by atoms with Crippen molar-refractivity contribution in [3.05, 3.63) is 70.4 Å². The van der Waals surface area contributed by atoms with Crippen LogP contribution in [-0.2, 0) is 10.0 Å². The number of halogens is 1. The summed E-state index contributed by atoms with van der Waals surface area (Å²) < 4.78 is 47.2. The lowest BCUT2D eigenvalue weighted by Crippen LogP contribution is -2.44. The number of carbonyl (C=O) groups excluding carboxylic acids is 1. The van der Waals surface area contributed by atoms with Crippen molar-refractivity contribution in [3.63, 3.8) is 0 Å². The summed E-state index contributed by atoms with van der Waals surface area (Å²) in [5.41, 5.74) is -0.145. The molecular formula is C26H29FN4O5S. The smallest absolute Gasteiger partial charge is 0.269 e. The number of pyridine rings is 2. The van der Waals surface area contributed by atoms with Gasteiger partial charge in [-0.25, -0.2) is 22.5 Å². The highest BCUT2D eigenvalue weighted by molar-refractivity contribution is 7.90. The van der Waals surface area contributed by atoms with E-state index in [0.29, 0.717) is 23.6 Å². The van der Waals surface area contributed by atoms with Crippen molar-refractivity contribution in [3.8, 4) is 17.0 Å². The molecule has 1 fully saturated rings. The molecule has 0 radical (unpaired) electrons. The minimum atomic E-state index is -4.44. The van der Waals surface area contributed by atoms with Gasteiger partial charge in [0, 0.05) is 23.8 Å². The molecule has 9 nitrogen and oxygen atoms in total. The minimum Gasteiger partial charge on any atom is -0.491 e. The first kappa shape index (κ1) is 26.3. The van der Waals surface area contributed by atoms with Crippen molar-refractivity contribution < 1.29 is 22.3 Å². The van der Waals surface area contributed by atoms with Crippen LogP contribution in [0, 0.1) is 11.7 Å². The third-order valence-electron chi connectivity index (χ3n) is 6.89. The monoisotopic (exact) mass is 528 g/mol. The van der Waals surface area contributed by atoms with Crippen molar-refractivity contribution in [1.29, 1.82) is 0 Å². The standard InChI is InChI=1S/C26H29FN4O5S/c1-5-36-21-15-17(8-10-19(21)27)20-11-9-18(23(29-20)31-14-12-16(2)26(31,3)4)24(32)30-37(34,35)22-7-6-13-28-25(22)33/h6-11,13,15-16H,5,12,14H2,1-4H3,(H,28,33)(H,30,32). The molecule has 37 heavy (non-hydrogen) atoms. The van der Waals surface area contributed by atoms with Crippen LogP contribution in [-0.4, -0.2) is 43.0 Å². The van der Waals surface area contributed by atoms with Crippen molar-refractivity contribution in [2.45, 2.75) is 44.6 Å². The maximum Gasteiger partial charge on any atom is 0.269 e. The van der Waals surface area contributed by atoms with E-state index in [1.807, 2.05) is 23.5 Å². The normalized spacial score (nSPS) is 17.0. The number of benzene rings is 1. The van der Waals surface area contributed by atoms with Crippen LogP contribution in [0.3, 0.4) is 0 Å². The summed E-state index contributed by atoms with van der Waals surface area (Å²) >= 11 is 0. The Morgan fingerprint density at radius 3 is 2.68 bits per heavy atom. The summed E-state index contributed by atoms with van der Waals surface area (Å²) in [4.78, 5) is 33.8. The van der Waals surface area contributed by atoms with Crippen molar-refractivity contribution >= 4 is 21.7 Å². The average molecular weight is 529 g/mol. The molecule has 3 heterocycles. The summed E-state index contributed by atoms with van der Waals surface area (Å²) in [6.45, 7) is 8.81. The SMILES string of the molecule is CCOc1cc(-c2ccc(C(=O)NS(=O)(=O)c3ccc[nH]c3=O)c(N3CCC(C)C3(C)C)n2)ccc1F. The van der Waals surface area contributed by atoms with Gasteiger partial charge in [-0.2, -0.15) is 0 Å². The van der Waals surface area contributed by atoms with Gasteiger partial charge in [-0.1, -0.05) is 6.92 Å². The van der Waals surface area contributed by atoms with E-state index in [-0.39, 0.29) is 29.4 Å². The molecule has 0 spiro atoms. The molecule has 11 heteroatoms. The summed E-state index contributed by atoms with van der Waals surface area (Å²) in [6.07, 6.45) is 2.15. The third kappa shape index (κ3) is 5.08. The van der Waals surface area contributed by atoms with Gasteiger partial charge in [0.1, 0.15) is 5.82 Å². The number of nitrogens with one attached hydrogen (secondary N) is 2. The largest absolute Gasteiger partial charge is 0.491 e. The van der Waals surface area contributed by atoms with E-state index in [1.54, 1.807) is 19.1 Å². The Morgan fingerprint density at radius 1 is 1.27 bits per heavy atom. The summed E-state index contributed by atoms with van der Waals surface area (Å²) in [6, 6.07) is 9.91. The number of hydrogen-bond donors (Lipinski definition) is 2. The number of aromatic amines is 1. The molecule has 1 aliphatic heterocycles. The second kappa shape index (κ2) is 9.97. The predicted molar refractivity (Wildman–Crippen MR) is 138 cm³/mol. The van der Waals surface area contributed by atoms with Crippen molar-refractivity contribution in [2.24, 2.45) is 5.92 Å². The number of anilines is 1. The lowest BCUT2D eigenvalue weighted by molar-refractivity contribution is 0.0981. The first-order valence-corrected chi connectivity index (χ1v) is 13.4. The molecule has 196 valence electrons. The number of rotatable bonds is 7. The second-order valence-corrected chi connectivity index (χ2v) is 11.1. The molecule has 1 unspecified atom stereocenters. The zero-order chi connectivity index (χ0) is 27.0. The zero-order valence-electron chi connectivity index (χ0n) is 21.0. The summed E-state index contributed by atoms with van der Waals surface area (Å²) in [7, 11) is -4.44. The van der Waals surface area contributed by atoms with E-state index in [1.165, 1.54) is 30.5 Å². The summed E-state index contributed by atoms with van der Waals surface area (Å²) in [5.74, 6) is -0.765. The lowest BCUT2D eigenvalue weighted by atomic mass is 9.90. The van der Waals surface area contributed by atoms with Crippen LogP contribution in [0.4, 0.5) is 10.2 Å². The van der Waals surface area contributed by atoms with E-state index < -0.39 is 32.2 Å². The maximum absolute atomic E-state index is 14.1. The molecule has 1 aliphatic rings. The molecule has 1 atom stereocenters. The van der Waals surface area contributed by atoms with Gasteiger partial charge in [-0.15, -0.1) is 0 Å². The fourth-order valence-corrected chi connectivity index (χ4v) is 5.40. The average Bonchev–Trinajstić information content (AvgIpc) is 3.12. The Morgan fingerprint density at radius 2 is 2.03 bits per heavy atom. The number of hydrogen-bond acceptors (Lipinski definition) is 7. The van der Waals surface area contributed by atoms with Gasteiger partial charge in [0.25, 0.3) is 21.5 Å². The number of H-pyrrole nitrogens is 1. The van der Waals surface area contributed by atoms with Crippen LogP contribution in [0.1, 0.15) is 44.5 Å². The van der Waals surface area contributed by atoms with Gasteiger partial charge in [0.05, 0.1) is 17.9 Å². The first-order chi connectivity index (χ1) is 17.5. The molecule has 1 amide bonds. The number of amides is 1. The van der Waals surface area contributed by atoms with Crippen LogP contribution >= 0.6 is 0 Å². The van der Waals surface area contributed by atoms with Crippen LogP contribution in [0.5, 0.6) is 5.75 Å². The highest BCUT2D eigenvalue weighted by atomic mass is 32.2. The summed E-state index contributed by atoms with van der Waals surface area (Å²) in [5, 5.41) is 0. The molecule has 0 saturated carbocycles. The minimum absolute atomic E-state index is 0.0361. The molecule has 1 saturated heterocycles. The molecule has 0 bridgehead atoms. The Labute approximate surface area is 214 Å². The van der Waals surface area contributed by atoms with Gasteiger partial charge in [-0.3, -0.25) is 9.59 Å². The number of carbonyl (C=O) groups is 1. The van der Waals surface area contributed by atoms with Gasteiger partial charge in [-0.05, 0) is 75.6 Å². The number of aromatic nitrogens is 2. The molecule has 3 aromatic rings. The van der Waals surface area contributed by atoms with Crippen LogP contribution < -0.4 is 19.9 Å². The quantitative estimate of drug-likeness (QED) is 0.479. The topological polar surface area (TPSA) is 121 Å². The Balaban J connectivity index is 1.80. The Hall–Kier alpha value is -3.73. The second-order valence-electron chi connectivity index (χ2n) is 9.44. The van der Waals surface area contributed by atoms with Crippen molar-refractivity contribution in [2.75, 3.05) is 18.1 Å². The predicted octanol–water partition coefficient (Wildman–Crippen LogP) is 3.72. The zero-order valence-corrected chi connectivity index (χ0v) is 21.9. The fourth-order valence-electron chi connectivity index (χ4n) is 4.38. The molecule has 2 aromatic heterocycles. The van der Waals surface area contributed by atoms with Crippen LogP contribution in [0.25, 0.3) is 11.3 Å². The fraction of sp³-hybridized carbons (Fsp3) is 0.346. The molecular weight excluding hydrogens is 499 g/mol. The first-order valence-electron chi connectivity index (χ1n) is 11.9. The van der Waals surface area contributed by atoms with Crippen LogP contribution in [0.2, 0.25) is 0 Å². The number of nitrogens with zero attached hydrogens (tertiary/aromatic N) is 2. The number of sulfonamides is 1. The van der Waals surface area contributed by atoms with E-state index in [9.17, 15) is 22.4 Å². The number of ether oxygens (including phenoxy) is 1. The van der Waals surface area contributed by atoms with Gasteiger partial charge < -0.3 is 14.6 Å². The highest BCUT2D eigenvalue weighted by Crippen LogP contribution is 2.39. The Kier molecular flexibility index (Phi) is 7.09. The van der Waals surface area contributed by atoms with E-state index in [4.69, 9.17) is 9.72 Å². The molecule has 4 rings (SSSR count). The third-order valence-corrected chi connectivity index (χ3v) is 8.24.